The number of anilines is 1. The maximum absolute atomic E-state index is 14.3. The van der Waals surface area contributed by atoms with Gasteiger partial charge in [0.05, 0.1) is 23.4 Å². The molecule has 7 nitrogen and oxygen atoms in total. The standard InChI is InChI=1S/C20H18FN3O4S2/c21-15-6-5-14(13-18(15)30(26,27)24-9-11-28-12-10-24)22-19(25)7-8-20-23-16-3-1-2-4-17(16)29-20/h1-8,13H,9-12H2,(H,22,25). The van der Waals surface area contributed by atoms with Crippen LogP contribution in [0.3, 0.4) is 0 Å². The van der Waals surface area contributed by atoms with Gasteiger partial charge in [0, 0.05) is 24.9 Å². The molecule has 1 aromatic heterocycles. The van der Waals surface area contributed by atoms with E-state index in [0.29, 0.717) is 5.01 Å². The Morgan fingerprint density at radius 1 is 1.20 bits per heavy atom. The van der Waals surface area contributed by atoms with Gasteiger partial charge in [0.1, 0.15) is 15.7 Å². The highest BCUT2D eigenvalue weighted by atomic mass is 32.2. The Balaban J connectivity index is 1.50. The molecule has 30 heavy (non-hydrogen) atoms. The number of aromatic nitrogens is 1. The number of fused-ring (bicyclic) bond motifs is 1. The fourth-order valence-electron chi connectivity index (χ4n) is 3.00. The molecular formula is C20H18FN3O4S2. The van der Waals surface area contributed by atoms with Crippen LogP contribution >= 0.6 is 11.3 Å². The van der Waals surface area contributed by atoms with E-state index in [4.69, 9.17) is 4.74 Å². The van der Waals surface area contributed by atoms with Crippen molar-refractivity contribution in [3.05, 3.63) is 59.4 Å². The third-order valence-corrected chi connectivity index (χ3v) is 7.39. The fraction of sp³-hybridized carbons (Fsp3) is 0.200. The molecule has 1 aliphatic heterocycles. The molecular weight excluding hydrogens is 429 g/mol. The third kappa shape index (κ3) is 4.41. The quantitative estimate of drug-likeness (QED) is 0.607. The summed E-state index contributed by atoms with van der Waals surface area (Å²) in [7, 11) is -4.02. The molecule has 0 radical (unpaired) electrons. The van der Waals surface area contributed by atoms with Crippen LogP contribution in [-0.4, -0.2) is 49.9 Å². The number of morpholine rings is 1. The number of hydrogen-bond donors (Lipinski definition) is 1. The highest BCUT2D eigenvalue weighted by Crippen LogP contribution is 2.25. The normalized spacial score (nSPS) is 15.6. The van der Waals surface area contributed by atoms with Crippen molar-refractivity contribution in [3.63, 3.8) is 0 Å². The van der Waals surface area contributed by atoms with Crippen LogP contribution in [0.2, 0.25) is 0 Å². The molecule has 3 aromatic rings. The summed E-state index contributed by atoms with van der Waals surface area (Å²) in [5.41, 5.74) is 1.03. The van der Waals surface area contributed by atoms with Gasteiger partial charge in [-0.05, 0) is 36.4 Å². The van der Waals surface area contributed by atoms with Crippen LogP contribution in [-0.2, 0) is 19.6 Å². The van der Waals surface area contributed by atoms with E-state index in [1.165, 1.54) is 27.8 Å². The van der Waals surface area contributed by atoms with Crippen LogP contribution in [0.5, 0.6) is 0 Å². The lowest BCUT2D eigenvalue weighted by atomic mass is 10.3. The second-order valence-corrected chi connectivity index (χ2v) is 9.47. The first-order chi connectivity index (χ1) is 14.4. The number of para-hydroxylation sites is 1. The van der Waals surface area contributed by atoms with Gasteiger partial charge in [-0.1, -0.05) is 12.1 Å². The predicted octanol–water partition coefficient (Wildman–Crippen LogP) is 3.11. The molecule has 1 aliphatic rings. The lowest BCUT2D eigenvalue weighted by Crippen LogP contribution is -2.40. The monoisotopic (exact) mass is 447 g/mol. The van der Waals surface area contributed by atoms with E-state index < -0.39 is 26.6 Å². The summed E-state index contributed by atoms with van der Waals surface area (Å²) in [6.07, 6.45) is 2.88. The van der Waals surface area contributed by atoms with E-state index in [9.17, 15) is 17.6 Å². The summed E-state index contributed by atoms with van der Waals surface area (Å²) < 4.78 is 47.1. The zero-order valence-corrected chi connectivity index (χ0v) is 17.4. The summed E-state index contributed by atoms with van der Waals surface area (Å²) in [4.78, 5) is 16.2. The van der Waals surface area contributed by atoms with Crippen LogP contribution in [0.4, 0.5) is 10.1 Å². The van der Waals surface area contributed by atoms with Crippen molar-refractivity contribution in [2.75, 3.05) is 31.6 Å². The summed E-state index contributed by atoms with van der Waals surface area (Å²) >= 11 is 1.45. The van der Waals surface area contributed by atoms with E-state index in [-0.39, 0.29) is 32.0 Å². The predicted molar refractivity (Wildman–Crippen MR) is 113 cm³/mol. The number of carbonyl (C=O) groups excluding carboxylic acids is 1. The smallest absolute Gasteiger partial charge is 0.248 e. The van der Waals surface area contributed by atoms with E-state index in [1.807, 2.05) is 24.3 Å². The number of nitrogens with zero attached hydrogens (tertiary/aromatic N) is 2. The first-order valence-corrected chi connectivity index (χ1v) is 11.4. The third-order valence-electron chi connectivity index (χ3n) is 4.47. The molecule has 4 rings (SSSR count). The van der Waals surface area contributed by atoms with Gasteiger partial charge in [-0.25, -0.2) is 17.8 Å². The number of benzene rings is 2. The molecule has 10 heteroatoms. The minimum atomic E-state index is -4.02. The molecule has 0 spiro atoms. The molecule has 1 amide bonds. The SMILES string of the molecule is O=C(C=Cc1nc2ccccc2s1)Nc1ccc(F)c(S(=O)(=O)N2CCOCC2)c1. The van der Waals surface area contributed by atoms with Gasteiger partial charge in [0.2, 0.25) is 15.9 Å². The highest BCUT2D eigenvalue weighted by Gasteiger charge is 2.29. The van der Waals surface area contributed by atoms with Crippen molar-refractivity contribution in [1.29, 1.82) is 0 Å². The second kappa shape index (κ2) is 8.60. The first kappa shape index (κ1) is 20.6. The van der Waals surface area contributed by atoms with Crippen LogP contribution in [0.25, 0.3) is 16.3 Å². The Bertz CT molecular complexity index is 1180. The summed E-state index contributed by atoms with van der Waals surface area (Å²) in [6, 6.07) is 11.1. The van der Waals surface area contributed by atoms with E-state index in [0.717, 1.165) is 22.3 Å². The number of ether oxygens (including phenoxy) is 1. The van der Waals surface area contributed by atoms with Gasteiger partial charge in [0.15, 0.2) is 0 Å². The number of amides is 1. The Hall–Kier alpha value is -2.66. The van der Waals surface area contributed by atoms with Gasteiger partial charge in [0.25, 0.3) is 0 Å². The molecule has 2 aromatic carbocycles. The molecule has 0 atom stereocenters. The maximum atomic E-state index is 14.3. The van der Waals surface area contributed by atoms with E-state index >= 15 is 0 Å². The lowest BCUT2D eigenvalue weighted by Gasteiger charge is -2.26. The van der Waals surface area contributed by atoms with E-state index in [1.54, 1.807) is 6.08 Å². The first-order valence-electron chi connectivity index (χ1n) is 9.15. The maximum Gasteiger partial charge on any atom is 0.248 e. The summed E-state index contributed by atoms with van der Waals surface area (Å²) in [5.74, 6) is -1.35. The molecule has 156 valence electrons. The minimum absolute atomic E-state index is 0.156. The van der Waals surface area contributed by atoms with Crippen LogP contribution in [0, 0.1) is 5.82 Å². The molecule has 0 saturated carbocycles. The molecule has 0 aliphatic carbocycles. The van der Waals surface area contributed by atoms with Gasteiger partial charge < -0.3 is 10.1 Å². The molecule has 0 unspecified atom stereocenters. The van der Waals surface area contributed by atoms with Crippen LogP contribution in [0.15, 0.2) is 53.4 Å². The molecule has 1 N–H and O–H groups in total. The Morgan fingerprint density at radius 3 is 2.73 bits per heavy atom. The Morgan fingerprint density at radius 2 is 1.97 bits per heavy atom. The van der Waals surface area contributed by atoms with Gasteiger partial charge in [-0.2, -0.15) is 4.31 Å². The van der Waals surface area contributed by atoms with Crippen LogP contribution < -0.4 is 5.32 Å². The number of thiazole rings is 1. The van der Waals surface area contributed by atoms with Crippen molar-refractivity contribution in [2.45, 2.75) is 4.90 Å². The number of halogens is 1. The van der Waals surface area contributed by atoms with Crippen molar-refractivity contribution in [3.8, 4) is 0 Å². The zero-order chi connectivity index (χ0) is 21.1. The molecule has 1 saturated heterocycles. The highest BCUT2D eigenvalue weighted by molar-refractivity contribution is 7.89. The Labute approximate surface area is 176 Å². The molecule has 2 heterocycles. The van der Waals surface area contributed by atoms with Crippen LogP contribution in [0.1, 0.15) is 5.01 Å². The fourth-order valence-corrected chi connectivity index (χ4v) is 5.37. The average molecular weight is 448 g/mol. The molecule has 1 fully saturated rings. The topological polar surface area (TPSA) is 88.6 Å². The summed E-state index contributed by atoms with van der Waals surface area (Å²) in [6.45, 7) is 0.828. The second-order valence-electron chi connectivity index (χ2n) is 6.50. The van der Waals surface area contributed by atoms with Gasteiger partial charge in [-0.15, -0.1) is 11.3 Å². The average Bonchev–Trinajstić information content (AvgIpc) is 3.17. The Kier molecular flexibility index (Phi) is 5.91. The number of hydrogen-bond acceptors (Lipinski definition) is 6. The van der Waals surface area contributed by atoms with E-state index in [2.05, 4.69) is 10.3 Å². The number of sulfonamides is 1. The van der Waals surface area contributed by atoms with Gasteiger partial charge >= 0.3 is 0 Å². The van der Waals surface area contributed by atoms with Gasteiger partial charge in [-0.3, -0.25) is 4.79 Å². The van der Waals surface area contributed by atoms with Crippen molar-refractivity contribution < 1.29 is 22.3 Å². The minimum Gasteiger partial charge on any atom is -0.379 e. The number of rotatable bonds is 5. The lowest BCUT2D eigenvalue weighted by molar-refractivity contribution is -0.111. The van der Waals surface area contributed by atoms with Crippen molar-refractivity contribution in [1.82, 2.24) is 9.29 Å². The number of carbonyl (C=O) groups is 1. The van der Waals surface area contributed by atoms with Crippen molar-refractivity contribution >= 4 is 49.2 Å². The van der Waals surface area contributed by atoms with Crippen molar-refractivity contribution in [2.24, 2.45) is 0 Å². The zero-order valence-electron chi connectivity index (χ0n) is 15.7. The summed E-state index contributed by atoms with van der Waals surface area (Å²) in [5, 5.41) is 3.23. The largest absolute Gasteiger partial charge is 0.379 e. The molecule has 0 bridgehead atoms. The number of nitrogens with one attached hydrogen (secondary N) is 1.